The van der Waals surface area contributed by atoms with E-state index in [0.29, 0.717) is 22.3 Å². The van der Waals surface area contributed by atoms with Crippen LogP contribution >= 0.6 is 12.2 Å². The van der Waals surface area contributed by atoms with Crippen molar-refractivity contribution in [3.05, 3.63) is 23.6 Å². The Kier molecular flexibility index (Phi) is 4.17. The summed E-state index contributed by atoms with van der Waals surface area (Å²) < 4.78 is 5.40. The Morgan fingerprint density at radius 3 is 2.68 bits per heavy atom. The van der Waals surface area contributed by atoms with E-state index < -0.39 is 0 Å². The van der Waals surface area contributed by atoms with Crippen molar-refractivity contribution in [3.8, 4) is 6.07 Å². The molecule has 0 N–H and O–H groups in total. The highest BCUT2D eigenvalue weighted by Gasteiger charge is 2.18. The minimum atomic E-state index is 0.492. The lowest BCUT2D eigenvalue weighted by Crippen LogP contribution is -2.27. The normalized spacial score (nSPS) is 21.4. The quantitative estimate of drug-likeness (QED) is 0.438. The van der Waals surface area contributed by atoms with Crippen LogP contribution in [0.25, 0.3) is 0 Å². The molecule has 2 heterocycles. The van der Waals surface area contributed by atoms with Gasteiger partial charge in [-0.15, -0.1) is 5.10 Å². The Balaban J connectivity index is 2.10. The number of hydrogen-bond acceptors (Lipinski definition) is 5. The van der Waals surface area contributed by atoms with Crippen molar-refractivity contribution in [3.63, 3.8) is 0 Å². The van der Waals surface area contributed by atoms with Crippen LogP contribution in [-0.2, 0) is 4.74 Å². The van der Waals surface area contributed by atoms with Crippen LogP contribution in [0, 0.1) is 11.3 Å². The van der Waals surface area contributed by atoms with E-state index in [2.05, 4.69) is 16.1 Å². The van der Waals surface area contributed by atoms with Gasteiger partial charge in [0, 0.05) is 33.1 Å². The van der Waals surface area contributed by atoms with Crippen LogP contribution in [0.3, 0.4) is 0 Å². The van der Waals surface area contributed by atoms with Crippen molar-refractivity contribution in [1.29, 1.82) is 5.26 Å². The van der Waals surface area contributed by atoms with Crippen LogP contribution in [0.1, 0.15) is 19.8 Å². The Bertz CT molecular complexity index is 509. The van der Waals surface area contributed by atoms with Gasteiger partial charge in [0.05, 0.1) is 5.57 Å². The van der Waals surface area contributed by atoms with Gasteiger partial charge in [0.1, 0.15) is 11.1 Å². The summed E-state index contributed by atoms with van der Waals surface area (Å²) in [5.41, 5.74) is 0.492. The molecule has 6 heteroatoms. The molecular formula is C13H16N4OS. The number of allylic oxidation sites excluding steroid dienone is 2. The van der Waals surface area contributed by atoms with E-state index in [1.165, 1.54) is 0 Å². The molecule has 2 aliphatic heterocycles. The molecule has 1 fully saturated rings. The van der Waals surface area contributed by atoms with E-state index in [-0.39, 0.29) is 0 Å². The molecule has 0 aromatic rings. The Morgan fingerprint density at radius 1 is 1.47 bits per heavy atom. The predicted molar refractivity (Wildman–Crippen MR) is 77.1 cm³/mol. The molecule has 0 aromatic heterocycles. The summed E-state index contributed by atoms with van der Waals surface area (Å²) in [4.78, 5) is 2.69. The van der Waals surface area contributed by atoms with Crippen molar-refractivity contribution in [2.24, 2.45) is 5.10 Å². The van der Waals surface area contributed by atoms with Crippen LogP contribution in [0.2, 0.25) is 0 Å². The molecule has 100 valence electrons. The van der Waals surface area contributed by atoms with Gasteiger partial charge in [-0.05, 0) is 18.9 Å². The van der Waals surface area contributed by atoms with Gasteiger partial charge < -0.3 is 9.64 Å². The third kappa shape index (κ3) is 3.12. The first-order chi connectivity index (χ1) is 9.11. The minimum Gasteiger partial charge on any atom is -0.424 e. The lowest BCUT2D eigenvalue weighted by Gasteiger charge is -2.17. The first kappa shape index (κ1) is 13.6. The van der Waals surface area contributed by atoms with Crippen LogP contribution in [0.5, 0.6) is 0 Å². The van der Waals surface area contributed by atoms with Gasteiger partial charge >= 0.3 is 0 Å². The SMILES string of the molecule is CC1=NN(C)C(=CC=C(C#N)C(=S)N2CCCC2)O1. The summed E-state index contributed by atoms with van der Waals surface area (Å²) in [7, 11) is 1.79. The summed E-state index contributed by atoms with van der Waals surface area (Å²) in [5.74, 6) is 1.18. The van der Waals surface area contributed by atoms with E-state index in [9.17, 15) is 5.26 Å². The van der Waals surface area contributed by atoms with Gasteiger partial charge in [0.15, 0.2) is 0 Å². The fraction of sp³-hybridized carbons (Fsp3) is 0.462. The fourth-order valence-electron chi connectivity index (χ4n) is 2.04. The monoisotopic (exact) mass is 276 g/mol. The van der Waals surface area contributed by atoms with Crippen molar-refractivity contribution in [2.75, 3.05) is 20.1 Å². The van der Waals surface area contributed by atoms with E-state index >= 15 is 0 Å². The molecule has 0 bridgehead atoms. The van der Waals surface area contributed by atoms with Gasteiger partial charge in [-0.2, -0.15) is 5.26 Å². The first-order valence-corrected chi connectivity index (χ1v) is 6.61. The number of nitriles is 1. The van der Waals surface area contributed by atoms with E-state index in [4.69, 9.17) is 17.0 Å². The zero-order valence-corrected chi connectivity index (χ0v) is 11.9. The number of hydrogen-bond donors (Lipinski definition) is 0. The maximum atomic E-state index is 9.20. The van der Waals surface area contributed by atoms with E-state index in [0.717, 1.165) is 25.9 Å². The zero-order valence-electron chi connectivity index (χ0n) is 11.1. The minimum absolute atomic E-state index is 0.492. The van der Waals surface area contributed by atoms with Crippen molar-refractivity contribution in [1.82, 2.24) is 9.91 Å². The third-order valence-corrected chi connectivity index (χ3v) is 3.48. The zero-order chi connectivity index (χ0) is 13.8. The number of likely N-dealkylation sites (tertiary alicyclic amines) is 1. The second-order valence-electron chi connectivity index (χ2n) is 4.44. The molecule has 2 rings (SSSR count). The van der Waals surface area contributed by atoms with Crippen LogP contribution < -0.4 is 0 Å². The molecule has 0 amide bonds. The highest BCUT2D eigenvalue weighted by Crippen LogP contribution is 2.16. The molecule has 0 aliphatic carbocycles. The summed E-state index contributed by atoms with van der Waals surface area (Å²) in [6, 6.07) is 2.15. The van der Waals surface area contributed by atoms with Crippen LogP contribution in [-0.4, -0.2) is 40.9 Å². The average molecular weight is 276 g/mol. The third-order valence-electron chi connectivity index (χ3n) is 3.00. The summed E-state index contributed by atoms with van der Waals surface area (Å²) in [6.07, 6.45) is 5.69. The lowest BCUT2D eigenvalue weighted by atomic mass is 10.2. The van der Waals surface area contributed by atoms with Gasteiger partial charge in [-0.3, -0.25) is 0 Å². The average Bonchev–Trinajstić information content (AvgIpc) is 3.00. The number of nitrogens with zero attached hydrogens (tertiary/aromatic N) is 4. The molecule has 0 unspecified atom stereocenters. The number of thiocarbonyl (C=S) groups is 1. The number of ether oxygens (including phenoxy) is 1. The number of hydrazone groups is 1. The molecular weight excluding hydrogens is 260 g/mol. The molecule has 2 aliphatic rings. The highest BCUT2D eigenvalue weighted by molar-refractivity contribution is 7.80. The Morgan fingerprint density at radius 2 is 2.16 bits per heavy atom. The lowest BCUT2D eigenvalue weighted by molar-refractivity contribution is 0.304. The van der Waals surface area contributed by atoms with E-state index in [1.807, 2.05) is 0 Å². The van der Waals surface area contributed by atoms with Crippen LogP contribution in [0.15, 0.2) is 28.7 Å². The first-order valence-electron chi connectivity index (χ1n) is 6.20. The van der Waals surface area contributed by atoms with Gasteiger partial charge in [0.25, 0.3) is 0 Å². The molecule has 0 atom stereocenters. The van der Waals surface area contributed by atoms with Crippen LogP contribution in [0.4, 0.5) is 0 Å². The maximum absolute atomic E-state index is 9.20. The largest absolute Gasteiger partial charge is 0.424 e. The molecule has 19 heavy (non-hydrogen) atoms. The van der Waals surface area contributed by atoms with Gasteiger partial charge in [0.2, 0.25) is 11.8 Å². The van der Waals surface area contributed by atoms with E-state index in [1.54, 1.807) is 31.1 Å². The Hall–Kier alpha value is -1.87. The topological polar surface area (TPSA) is 51.9 Å². The summed E-state index contributed by atoms with van der Waals surface area (Å²) >= 11 is 5.35. The molecule has 5 nitrogen and oxygen atoms in total. The second-order valence-corrected chi connectivity index (χ2v) is 4.83. The summed E-state index contributed by atoms with van der Waals surface area (Å²) in [6.45, 7) is 3.65. The summed E-state index contributed by atoms with van der Waals surface area (Å²) in [5, 5.41) is 14.9. The molecule has 0 saturated carbocycles. The van der Waals surface area contributed by atoms with Gasteiger partial charge in [-0.1, -0.05) is 12.2 Å². The molecule has 0 radical (unpaired) electrons. The van der Waals surface area contributed by atoms with Crippen molar-refractivity contribution < 1.29 is 4.74 Å². The maximum Gasteiger partial charge on any atom is 0.217 e. The molecule has 0 aromatic carbocycles. The molecule has 1 saturated heterocycles. The smallest absolute Gasteiger partial charge is 0.217 e. The fourth-order valence-corrected chi connectivity index (χ4v) is 2.34. The van der Waals surface area contributed by atoms with Crippen molar-refractivity contribution in [2.45, 2.75) is 19.8 Å². The highest BCUT2D eigenvalue weighted by atomic mass is 32.1. The number of rotatable bonds is 2. The Labute approximate surface area is 118 Å². The second kappa shape index (κ2) is 5.85. The van der Waals surface area contributed by atoms with Crippen molar-refractivity contribution >= 4 is 23.1 Å². The molecule has 0 spiro atoms. The predicted octanol–water partition coefficient (Wildman–Crippen LogP) is 2.00. The standard InChI is InChI=1S/C13H16N4OS/c1-10-15-16(2)12(18-10)6-5-11(9-14)13(19)17-7-3-4-8-17/h5-6H,3-4,7-8H2,1-2H3. The van der Waals surface area contributed by atoms with Gasteiger partial charge in [-0.25, -0.2) is 5.01 Å².